The van der Waals surface area contributed by atoms with Gasteiger partial charge in [-0.2, -0.15) is 30.4 Å². The van der Waals surface area contributed by atoms with Crippen LogP contribution in [0.5, 0.6) is 0 Å². The molecule has 0 unspecified atom stereocenters. The first-order chi connectivity index (χ1) is 9.28. The van der Waals surface area contributed by atoms with E-state index in [0.717, 1.165) is 0 Å². The van der Waals surface area contributed by atoms with Crippen LogP contribution in [-0.2, 0) is 20.2 Å². The van der Waals surface area contributed by atoms with Crippen molar-refractivity contribution in [3.05, 3.63) is 35.1 Å². The Morgan fingerprint density at radius 1 is 0.952 bits per heavy atom. The molecule has 0 saturated heterocycles. The second-order valence-corrected chi connectivity index (χ2v) is 5.23. The van der Waals surface area contributed by atoms with Crippen LogP contribution >= 0.6 is 0 Å². The van der Waals surface area contributed by atoms with E-state index in [1.165, 1.54) is 0 Å². The molecular weight excluding hydrogens is 340 g/mol. The van der Waals surface area contributed by atoms with Crippen molar-refractivity contribution >= 4 is 10.1 Å². The molecule has 12 heteroatoms. The van der Waals surface area contributed by atoms with E-state index in [0.29, 0.717) is 0 Å². The molecule has 0 aliphatic carbocycles. The average Bonchev–Trinajstić information content (AvgIpc) is 2.31. The third-order valence-corrected chi connectivity index (χ3v) is 3.08. The van der Waals surface area contributed by atoms with E-state index in [-0.39, 0.29) is 12.1 Å². The quantitative estimate of drug-likeness (QED) is 0.365. The molecule has 120 valence electrons. The summed E-state index contributed by atoms with van der Waals surface area (Å²) < 4.78 is 124. The molecule has 0 saturated carbocycles. The van der Waals surface area contributed by atoms with E-state index >= 15 is 0 Å². The molecule has 0 aliphatic heterocycles. The lowest BCUT2D eigenvalue weighted by Crippen LogP contribution is -2.31. The molecule has 0 N–H and O–H groups in total. The number of rotatable bonds is 4. The van der Waals surface area contributed by atoms with Gasteiger partial charge in [-0.25, -0.2) is 13.2 Å². The van der Waals surface area contributed by atoms with Crippen molar-refractivity contribution in [2.75, 3.05) is 6.61 Å². The first kappa shape index (κ1) is 17.6. The van der Waals surface area contributed by atoms with Crippen LogP contribution in [0.2, 0.25) is 0 Å². The van der Waals surface area contributed by atoms with Gasteiger partial charge in [0, 0.05) is 5.56 Å². The number of alkyl halides is 5. The summed E-state index contributed by atoms with van der Waals surface area (Å²) in [6.07, 6.45) is 0. The lowest BCUT2D eigenvalue weighted by molar-refractivity contribution is -0.0748. The van der Waals surface area contributed by atoms with Crippen LogP contribution in [0.3, 0.4) is 0 Å². The van der Waals surface area contributed by atoms with Gasteiger partial charge in [-0.1, -0.05) is 0 Å². The highest BCUT2D eigenvalue weighted by Gasteiger charge is 2.49. The van der Waals surface area contributed by atoms with Gasteiger partial charge in [0.15, 0.2) is 17.5 Å². The molecule has 0 radical (unpaired) electrons. The van der Waals surface area contributed by atoms with Gasteiger partial charge in [0.25, 0.3) is 5.92 Å². The fourth-order valence-corrected chi connectivity index (χ4v) is 1.51. The summed E-state index contributed by atoms with van der Waals surface area (Å²) in [6.45, 7) is -2.36. The molecule has 0 heterocycles. The van der Waals surface area contributed by atoms with Gasteiger partial charge >= 0.3 is 15.6 Å². The molecule has 0 amide bonds. The van der Waals surface area contributed by atoms with Gasteiger partial charge in [0.1, 0.15) is 6.61 Å². The van der Waals surface area contributed by atoms with E-state index in [1.54, 1.807) is 0 Å². The number of benzene rings is 1. The van der Waals surface area contributed by atoms with Gasteiger partial charge in [0.2, 0.25) is 0 Å². The van der Waals surface area contributed by atoms with Crippen molar-refractivity contribution in [2.45, 2.75) is 11.4 Å². The Labute approximate surface area is 112 Å². The zero-order chi connectivity index (χ0) is 16.6. The third-order valence-electron chi connectivity index (χ3n) is 2.08. The molecule has 0 aliphatic rings. The Kier molecular flexibility index (Phi) is 4.53. The van der Waals surface area contributed by atoms with Crippen LogP contribution in [-0.4, -0.2) is 20.5 Å². The van der Waals surface area contributed by atoms with Crippen LogP contribution in [0.25, 0.3) is 0 Å². The lowest BCUT2D eigenvalue weighted by Gasteiger charge is -2.17. The number of hydrogen-bond acceptors (Lipinski definition) is 3. The van der Waals surface area contributed by atoms with Crippen LogP contribution in [0.4, 0.5) is 35.1 Å². The maximum atomic E-state index is 13.4. The van der Waals surface area contributed by atoms with Crippen molar-refractivity contribution in [1.82, 2.24) is 0 Å². The Bertz CT molecular complexity index is 614. The normalized spacial score (nSPS) is 13.5. The Morgan fingerprint density at radius 3 is 1.76 bits per heavy atom. The van der Waals surface area contributed by atoms with E-state index in [4.69, 9.17) is 0 Å². The molecule has 0 spiro atoms. The van der Waals surface area contributed by atoms with Gasteiger partial charge < -0.3 is 0 Å². The molecule has 1 rings (SSSR count). The predicted octanol–water partition coefficient (Wildman–Crippen LogP) is 3.06. The number of hydrogen-bond donors (Lipinski definition) is 0. The molecule has 0 atom stereocenters. The zero-order valence-corrected chi connectivity index (χ0v) is 10.3. The summed E-state index contributed by atoms with van der Waals surface area (Å²) in [5.41, 5.74) is -7.53. The summed E-state index contributed by atoms with van der Waals surface area (Å²) in [5, 5.41) is 0. The van der Waals surface area contributed by atoms with E-state index in [9.17, 15) is 43.5 Å². The van der Waals surface area contributed by atoms with Crippen molar-refractivity contribution in [3.8, 4) is 0 Å². The highest BCUT2D eigenvalue weighted by molar-refractivity contribution is 7.87. The van der Waals surface area contributed by atoms with Crippen LogP contribution < -0.4 is 0 Å². The predicted molar refractivity (Wildman–Crippen MR) is 51.1 cm³/mol. The molecule has 1 aromatic carbocycles. The Balaban J connectivity index is 3.03. The van der Waals surface area contributed by atoms with Crippen molar-refractivity contribution in [1.29, 1.82) is 0 Å². The molecule has 0 bridgehead atoms. The molecule has 1 aromatic rings. The minimum atomic E-state index is -6.31. The highest BCUT2D eigenvalue weighted by Crippen LogP contribution is 2.33. The summed E-state index contributed by atoms with van der Waals surface area (Å²) in [7, 11) is -6.31. The second-order valence-electron chi connectivity index (χ2n) is 3.62. The second kappa shape index (κ2) is 5.40. The minimum absolute atomic E-state index is 0.192. The van der Waals surface area contributed by atoms with Gasteiger partial charge in [-0.3, -0.25) is 4.18 Å². The third kappa shape index (κ3) is 3.81. The molecule has 3 nitrogen and oxygen atoms in total. The van der Waals surface area contributed by atoms with E-state index < -0.39 is 51.2 Å². The first-order valence-electron chi connectivity index (χ1n) is 4.76. The fourth-order valence-electron chi connectivity index (χ4n) is 1.07. The first-order valence-corrected chi connectivity index (χ1v) is 6.17. The number of halogens is 8. The van der Waals surface area contributed by atoms with Gasteiger partial charge in [-0.05, 0) is 12.1 Å². The Hall–Kier alpha value is -1.43. The minimum Gasteiger partial charge on any atom is -0.256 e. The summed E-state index contributed by atoms with van der Waals surface area (Å²) >= 11 is 0. The van der Waals surface area contributed by atoms with Crippen molar-refractivity contribution in [3.63, 3.8) is 0 Å². The van der Waals surface area contributed by atoms with E-state index in [1.807, 2.05) is 0 Å². The van der Waals surface area contributed by atoms with Crippen LogP contribution in [0, 0.1) is 17.5 Å². The lowest BCUT2D eigenvalue weighted by atomic mass is 10.1. The smallest absolute Gasteiger partial charge is 0.256 e. The average molecular weight is 344 g/mol. The van der Waals surface area contributed by atoms with Crippen LogP contribution in [0.15, 0.2) is 12.1 Å². The maximum absolute atomic E-state index is 13.4. The van der Waals surface area contributed by atoms with Gasteiger partial charge in [0.05, 0.1) is 0 Å². The fraction of sp³-hybridized carbons (Fsp3) is 0.333. The highest BCUT2D eigenvalue weighted by atomic mass is 32.2. The molecular formula is C9H4F8O3S. The monoisotopic (exact) mass is 344 g/mol. The Morgan fingerprint density at radius 2 is 1.38 bits per heavy atom. The van der Waals surface area contributed by atoms with E-state index in [2.05, 4.69) is 4.18 Å². The standard InChI is InChI=1S/C9H4F8O3S/c10-5-1-4(2-6(11)7(5)12)8(13,14)3-20-21(18,19)9(15,16)17/h1-2H,3H2. The summed E-state index contributed by atoms with van der Waals surface area (Å²) in [5.74, 6) is -10.6. The molecule has 21 heavy (non-hydrogen) atoms. The van der Waals surface area contributed by atoms with Gasteiger partial charge in [-0.15, -0.1) is 0 Å². The molecule has 0 fully saturated rings. The maximum Gasteiger partial charge on any atom is 0.523 e. The van der Waals surface area contributed by atoms with Crippen molar-refractivity contribution in [2.24, 2.45) is 0 Å². The topological polar surface area (TPSA) is 43.4 Å². The molecule has 0 aromatic heterocycles. The SMILES string of the molecule is O=S(=O)(OCC(F)(F)c1cc(F)c(F)c(F)c1)C(F)(F)F. The zero-order valence-electron chi connectivity index (χ0n) is 9.52. The van der Waals surface area contributed by atoms with Crippen LogP contribution in [0.1, 0.15) is 5.56 Å². The van der Waals surface area contributed by atoms with Crippen molar-refractivity contribution < 1.29 is 47.7 Å². The summed E-state index contributed by atoms with van der Waals surface area (Å²) in [6, 6.07) is -0.385. The summed E-state index contributed by atoms with van der Waals surface area (Å²) in [4.78, 5) is 0. The largest absolute Gasteiger partial charge is 0.523 e.